The van der Waals surface area contributed by atoms with E-state index in [9.17, 15) is 9.79 Å². The van der Waals surface area contributed by atoms with Crippen LogP contribution in [0.4, 0.5) is 0 Å². The Hall–Kier alpha value is -2.38. The summed E-state index contributed by atoms with van der Waals surface area (Å²) in [4.78, 5) is 26.3. The molecule has 0 bridgehead atoms. The van der Waals surface area contributed by atoms with Gasteiger partial charge in [-0.25, -0.2) is 0 Å². The van der Waals surface area contributed by atoms with Crippen molar-refractivity contribution < 1.29 is 14.5 Å². The first-order valence-corrected chi connectivity index (χ1v) is 11.9. The molecule has 4 rings (SSSR count). The van der Waals surface area contributed by atoms with Crippen LogP contribution >= 0.6 is 15.5 Å². The summed E-state index contributed by atoms with van der Waals surface area (Å²) in [6.07, 6.45) is 14.1. The van der Waals surface area contributed by atoms with Gasteiger partial charge in [0, 0.05) is 0 Å². The van der Waals surface area contributed by atoms with Gasteiger partial charge in [0.25, 0.3) is 0 Å². The van der Waals surface area contributed by atoms with Crippen LogP contribution in [0.25, 0.3) is 0 Å². The van der Waals surface area contributed by atoms with Gasteiger partial charge in [-0.05, 0) is 48.6 Å². The predicted molar refractivity (Wildman–Crippen MR) is 121 cm³/mol. The summed E-state index contributed by atoms with van der Waals surface area (Å²) in [6, 6.07) is 18.8. The Kier molecular flexibility index (Phi) is 6.46. The maximum absolute atomic E-state index is 13.1. The third-order valence-corrected chi connectivity index (χ3v) is 7.93. The highest BCUT2D eigenvalue weighted by molar-refractivity contribution is 7.60. The highest BCUT2D eigenvalue weighted by Gasteiger charge is 2.29. The molecule has 0 heterocycles. The van der Waals surface area contributed by atoms with Gasteiger partial charge in [-0.3, -0.25) is 0 Å². The fourth-order valence-electron chi connectivity index (χ4n) is 3.20. The molecule has 2 aliphatic rings. The molecule has 0 radical (unpaired) electrons. The van der Waals surface area contributed by atoms with Crippen molar-refractivity contribution in [2.45, 2.75) is 12.2 Å². The third kappa shape index (κ3) is 4.62. The lowest BCUT2D eigenvalue weighted by molar-refractivity contribution is -0.150. The van der Waals surface area contributed by atoms with E-state index >= 15 is 0 Å². The van der Waals surface area contributed by atoms with Crippen LogP contribution in [-0.4, -0.2) is 22.8 Å². The van der Waals surface area contributed by atoms with Crippen LogP contribution in [0.5, 0.6) is 0 Å². The van der Waals surface area contributed by atoms with Gasteiger partial charge in [0.05, 0.1) is 15.5 Å². The van der Waals surface area contributed by atoms with Gasteiger partial charge in [0.1, 0.15) is 22.8 Å². The van der Waals surface area contributed by atoms with Crippen LogP contribution in [0.15, 0.2) is 109 Å². The SMILES string of the molecule is [O-]/[P+](=C1/C=CC=CC1OC1C=CC=C/C1=[P+](/[O-])c1ccccc1)c1ccccc1. The molecule has 3 nitrogen and oxygen atoms in total. The van der Waals surface area contributed by atoms with Gasteiger partial charge in [0.2, 0.25) is 0 Å². The topological polar surface area (TPSA) is 55.3 Å². The van der Waals surface area contributed by atoms with E-state index in [2.05, 4.69) is 0 Å². The Bertz CT molecular complexity index is 963. The molecule has 0 aromatic heterocycles. The molecule has 4 unspecified atom stereocenters. The second kappa shape index (κ2) is 9.41. The van der Waals surface area contributed by atoms with Crippen molar-refractivity contribution in [3.8, 4) is 0 Å². The normalized spacial score (nSPS) is 23.9. The smallest absolute Gasteiger partial charge is 0.155 e. The van der Waals surface area contributed by atoms with Crippen LogP contribution in [0.2, 0.25) is 0 Å². The standard InChI is InChI=1S/C24H20O3P2/c25-28(19-11-3-1-4-12-19)23-17-9-7-15-21(23)27-22-16-8-10-18-24(22)29(26)20-13-5-2-6-14-20/h1-18,21-22H. The molecule has 0 saturated heterocycles. The quantitative estimate of drug-likeness (QED) is 0.717. The molecule has 4 atom stereocenters. The predicted octanol–water partition coefficient (Wildman–Crippen LogP) is 2.50. The van der Waals surface area contributed by atoms with Crippen LogP contribution in [0, 0.1) is 0 Å². The summed E-state index contributed by atoms with van der Waals surface area (Å²) in [5.41, 5.74) is 0. The number of hydrogen-bond donors (Lipinski definition) is 0. The minimum absolute atomic E-state index is 0.445. The van der Waals surface area contributed by atoms with Crippen LogP contribution in [0.3, 0.4) is 0 Å². The molecule has 2 aromatic rings. The first kappa shape index (κ1) is 19.9. The lowest BCUT2D eigenvalue weighted by Crippen LogP contribution is -2.34. The summed E-state index contributed by atoms with van der Waals surface area (Å²) >= 11 is 0. The Balaban J connectivity index is 1.66. The fraction of sp³-hybridized carbons (Fsp3) is 0.0833. The Labute approximate surface area is 172 Å². The molecule has 2 aliphatic carbocycles. The molecule has 144 valence electrons. The Morgan fingerprint density at radius 2 is 1.00 bits per heavy atom. The summed E-state index contributed by atoms with van der Waals surface area (Å²) in [7, 11) is -3.51. The second-order valence-corrected chi connectivity index (χ2v) is 9.82. The van der Waals surface area contributed by atoms with Crippen molar-refractivity contribution in [1.82, 2.24) is 0 Å². The highest BCUT2D eigenvalue weighted by atomic mass is 31.1. The van der Waals surface area contributed by atoms with Crippen LogP contribution < -0.4 is 20.4 Å². The summed E-state index contributed by atoms with van der Waals surface area (Å²) in [5.74, 6) is 0. The first-order chi connectivity index (χ1) is 14.2. The van der Waals surface area contributed by atoms with E-state index in [1.165, 1.54) is 0 Å². The lowest BCUT2D eigenvalue weighted by Gasteiger charge is -2.23. The molecule has 29 heavy (non-hydrogen) atoms. The van der Waals surface area contributed by atoms with E-state index in [1.54, 1.807) is 0 Å². The van der Waals surface area contributed by atoms with Gasteiger partial charge >= 0.3 is 0 Å². The second-order valence-electron chi connectivity index (χ2n) is 6.57. The van der Waals surface area contributed by atoms with Crippen LogP contribution in [-0.2, 0) is 4.74 Å². The number of allylic oxidation sites excluding steroid dienone is 4. The molecule has 0 fully saturated rings. The van der Waals surface area contributed by atoms with Gasteiger partial charge in [-0.1, -0.05) is 60.7 Å². The first-order valence-electron chi connectivity index (χ1n) is 9.37. The fourth-order valence-corrected chi connectivity index (χ4v) is 5.89. The number of ether oxygens (including phenoxy) is 1. The zero-order valence-corrected chi connectivity index (χ0v) is 17.5. The van der Waals surface area contributed by atoms with Crippen molar-refractivity contribution in [3.05, 3.63) is 109 Å². The average molecular weight is 418 g/mol. The monoisotopic (exact) mass is 418 g/mol. The van der Waals surface area contributed by atoms with Gasteiger partial charge < -0.3 is 14.5 Å². The molecule has 0 N–H and O–H groups in total. The van der Waals surface area contributed by atoms with Gasteiger partial charge in [-0.2, -0.15) is 0 Å². The highest BCUT2D eigenvalue weighted by Crippen LogP contribution is 2.26. The Morgan fingerprint density at radius 1 is 0.586 bits per heavy atom. The van der Waals surface area contributed by atoms with Crippen molar-refractivity contribution in [3.63, 3.8) is 0 Å². The zero-order valence-electron chi connectivity index (χ0n) is 15.7. The van der Waals surface area contributed by atoms with Crippen molar-refractivity contribution in [2.75, 3.05) is 0 Å². The van der Waals surface area contributed by atoms with E-state index in [1.807, 2.05) is 109 Å². The number of rotatable bonds is 4. The zero-order chi connectivity index (χ0) is 20.1. The molecule has 0 aliphatic heterocycles. The molecule has 2 aromatic carbocycles. The van der Waals surface area contributed by atoms with E-state index in [0.29, 0.717) is 10.6 Å². The van der Waals surface area contributed by atoms with E-state index in [-0.39, 0.29) is 0 Å². The van der Waals surface area contributed by atoms with E-state index in [0.717, 1.165) is 10.6 Å². The molecule has 0 amide bonds. The Morgan fingerprint density at radius 3 is 1.41 bits per heavy atom. The van der Waals surface area contributed by atoms with Crippen molar-refractivity contribution >= 4 is 36.7 Å². The van der Waals surface area contributed by atoms with Crippen molar-refractivity contribution in [2.24, 2.45) is 0 Å². The third-order valence-electron chi connectivity index (χ3n) is 4.65. The molecular formula is C24H20O3P2. The molecule has 5 heteroatoms. The summed E-state index contributed by atoms with van der Waals surface area (Å²) in [5, 5.41) is 2.96. The molecular weight excluding hydrogens is 398 g/mol. The van der Waals surface area contributed by atoms with Gasteiger partial charge in [0.15, 0.2) is 10.6 Å². The average Bonchev–Trinajstić information content (AvgIpc) is 2.80. The maximum Gasteiger partial charge on any atom is 0.155 e. The summed E-state index contributed by atoms with van der Waals surface area (Å²) in [6.45, 7) is 0. The van der Waals surface area contributed by atoms with Gasteiger partial charge in [-0.15, -0.1) is 0 Å². The minimum atomic E-state index is -1.75. The van der Waals surface area contributed by atoms with E-state index < -0.39 is 27.8 Å². The largest absolute Gasteiger partial charge is 0.626 e. The molecule has 0 spiro atoms. The van der Waals surface area contributed by atoms with Crippen LogP contribution in [0.1, 0.15) is 0 Å². The minimum Gasteiger partial charge on any atom is -0.626 e. The van der Waals surface area contributed by atoms with E-state index in [4.69, 9.17) is 4.74 Å². The lowest BCUT2D eigenvalue weighted by atomic mass is 10.1. The van der Waals surface area contributed by atoms with Crippen molar-refractivity contribution in [1.29, 1.82) is 0 Å². The molecule has 0 saturated carbocycles. The maximum atomic E-state index is 13.1. The number of hydrogen-bond acceptors (Lipinski definition) is 3. The summed E-state index contributed by atoms with van der Waals surface area (Å²) < 4.78 is 6.32. The number of benzene rings is 2.